The number of anilines is 1. The van der Waals surface area contributed by atoms with Crippen LogP contribution in [0, 0.1) is 5.92 Å². The number of aliphatic hydroxyl groups excluding tert-OH is 2. The van der Waals surface area contributed by atoms with Gasteiger partial charge in [0.15, 0.2) is 15.6 Å². The van der Waals surface area contributed by atoms with Gasteiger partial charge in [-0.05, 0) is 61.4 Å². The number of ketones is 1. The van der Waals surface area contributed by atoms with Gasteiger partial charge < -0.3 is 19.7 Å². The molecule has 1 fully saturated rings. The van der Waals surface area contributed by atoms with Crippen LogP contribution in [-0.4, -0.2) is 66.3 Å². The summed E-state index contributed by atoms with van der Waals surface area (Å²) in [5.74, 6) is -0.403. The lowest BCUT2D eigenvalue weighted by Gasteiger charge is -2.33. The van der Waals surface area contributed by atoms with Gasteiger partial charge in [-0.1, -0.05) is 12.1 Å². The van der Waals surface area contributed by atoms with E-state index in [2.05, 4.69) is 4.90 Å². The molecule has 3 rings (SSSR count). The number of carbonyl (C=O) groups excluding carboxylic acids is 1. The quantitative estimate of drug-likeness (QED) is 0.563. The molecule has 1 atom stereocenters. The average Bonchev–Trinajstić information content (AvgIpc) is 2.82. The molecule has 1 aliphatic rings. The Bertz CT molecular complexity index is 1130. The molecule has 0 spiro atoms. The van der Waals surface area contributed by atoms with Gasteiger partial charge in [-0.2, -0.15) is 0 Å². The van der Waals surface area contributed by atoms with E-state index in [1.54, 1.807) is 12.3 Å². The topological polar surface area (TPSA) is 117 Å². The van der Waals surface area contributed by atoms with E-state index in [1.165, 1.54) is 17.6 Å². The van der Waals surface area contributed by atoms with Gasteiger partial charge in [0, 0.05) is 50.4 Å². The Kier molecular flexibility index (Phi) is 7.76. The summed E-state index contributed by atoms with van der Waals surface area (Å²) in [4.78, 5) is 27.0. The Labute approximate surface area is 194 Å². The van der Waals surface area contributed by atoms with Gasteiger partial charge in [-0.25, -0.2) is 8.42 Å². The second kappa shape index (κ2) is 10.2. The van der Waals surface area contributed by atoms with Crippen molar-refractivity contribution in [3.8, 4) is 11.1 Å². The predicted octanol–water partition coefficient (Wildman–Crippen LogP) is 1.48. The molecule has 0 aliphatic carbocycles. The minimum atomic E-state index is -3.77. The molecule has 0 unspecified atom stereocenters. The van der Waals surface area contributed by atoms with Crippen molar-refractivity contribution >= 4 is 21.3 Å². The molecule has 1 aromatic carbocycles. The SMILES string of the molecule is C[C@@](CCn1ccc(-c2ccc(N3CCC(CO)CC3)cc2)cc1=O)(C(=O)CO)S(C)(=O)=O. The summed E-state index contributed by atoms with van der Waals surface area (Å²) in [6.07, 6.45) is 4.39. The van der Waals surface area contributed by atoms with Crippen molar-refractivity contribution in [2.24, 2.45) is 5.92 Å². The van der Waals surface area contributed by atoms with Crippen molar-refractivity contribution in [2.45, 2.75) is 37.5 Å². The molecule has 9 heteroatoms. The van der Waals surface area contributed by atoms with E-state index in [0.29, 0.717) is 5.92 Å². The van der Waals surface area contributed by atoms with Crippen LogP contribution < -0.4 is 10.5 Å². The first-order chi connectivity index (χ1) is 15.6. The number of piperidine rings is 1. The van der Waals surface area contributed by atoms with Crippen molar-refractivity contribution in [3.05, 3.63) is 52.9 Å². The lowest BCUT2D eigenvalue weighted by Crippen LogP contribution is -2.46. The van der Waals surface area contributed by atoms with Crippen LogP contribution in [0.1, 0.15) is 26.2 Å². The van der Waals surface area contributed by atoms with Gasteiger partial charge in [0.2, 0.25) is 0 Å². The fourth-order valence-electron chi connectivity index (χ4n) is 4.14. The van der Waals surface area contributed by atoms with Crippen molar-refractivity contribution in [1.29, 1.82) is 0 Å². The summed E-state index contributed by atoms with van der Waals surface area (Å²) in [7, 11) is -3.77. The number of Topliss-reactive ketones (excluding diaryl/α,β-unsaturated/α-hetero) is 1. The molecule has 2 aromatic rings. The first-order valence-electron chi connectivity index (χ1n) is 11.1. The summed E-state index contributed by atoms with van der Waals surface area (Å²) in [5, 5.41) is 18.5. The number of pyridine rings is 1. The molecular formula is C24H32N2O6S. The molecule has 180 valence electrons. The molecule has 0 saturated carbocycles. The predicted molar refractivity (Wildman–Crippen MR) is 128 cm³/mol. The highest BCUT2D eigenvalue weighted by Crippen LogP contribution is 2.27. The van der Waals surface area contributed by atoms with Crippen LogP contribution >= 0.6 is 0 Å². The third kappa shape index (κ3) is 5.54. The first kappa shape index (κ1) is 25.1. The number of aryl methyl sites for hydroxylation is 1. The van der Waals surface area contributed by atoms with Crippen LogP contribution in [-0.2, 0) is 21.2 Å². The number of aliphatic hydroxyl groups is 2. The summed E-state index contributed by atoms with van der Waals surface area (Å²) in [5.41, 5.74) is 2.45. The number of hydrogen-bond donors (Lipinski definition) is 2. The smallest absolute Gasteiger partial charge is 0.251 e. The highest BCUT2D eigenvalue weighted by molar-refractivity contribution is 7.92. The lowest BCUT2D eigenvalue weighted by molar-refractivity contribution is -0.124. The highest BCUT2D eigenvalue weighted by atomic mass is 32.2. The van der Waals surface area contributed by atoms with Gasteiger partial charge in [-0.3, -0.25) is 9.59 Å². The summed E-state index contributed by atoms with van der Waals surface area (Å²) >= 11 is 0. The standard InChI is InChI=1S/C24H32N2O6S/c1-24(22(29)17-28,33(2,31)32)10-14-26-13-9-20(15-23(26)30)19-3-5-21(6-4-19)25-11-7-18(16-27)8-12-25/h3-6,9,13,15,18,27-28H,7-8,10-12,14,16-17H2,1-2H3/t24-/m1/s1. The fourth-order valence-corrected chi connectivity index (χ4v) is 5.08. The maximum absolute atomic E-state index is 12.6. The van der Waals surface area contributed by atoms with E-state index in [1.807, 2.05) is 24.3 Å². The molecule has 0 amide bonds. The number of hydrogen-bond acceptors (Lipinski definition) is 7. The third-order valence-corrected chi connectivity index (χ3v) is 8.88. The zero-order chi connectivity index (χ0) is 24.2. The molecule has 2 heterocycles. The Morgan fingerprint density at radius 2 is 1.73 bits per heavy atom. The molecule has 1 aromatic heterocycles. The minimum Gasteiger partial charge on any atom is -0.396 e. The molecule has 8 nitrogen and oxygen atoms in total. The van der Waals surface area contributed by atoms with Gasteiger partial charge in [0.1, 0.15) is 11.4 Å². The minimum absolute atomic E-state index is 0.0388. The fraction of sp³-hybridized carbons (Fsp3) is 0.500. The van der Waals surface area contributed by atoms with Gasteiger partial charge in [0.05, 0.1) is 0 Å². The second-order valence-electron chi connectivity index (χ2n) is 8.94. The normalized spacial score (nSPS) is 17.0. The maximum Gasteiger partial charge on any atom is 0.251 e. The number of benzene rings is 1. The van der Waals surface area contributed by atoms with Crippen LogP contribution in [0.2, 0.25) is 0 Å². The van der Waals surface area contributed by atoms with Crippen LogP contribution in [0.5, 0.6) is 0 Å². The van der Waals surface area contributed by atoms with Crippen LogP contribution in [0.25, 0.3) is 11.1 Å². The zero-order valence-electron chi connectivity index (χ0n) is 19.1. The molecule has 0 bridgehead atoms. The third-order valence-electron chi connectivity index (χ3n) is 6.82. The summed E-state index contributed by atoms with van der Waals surface area (Å²) in [6, 6.07) is 11.3. The van der Waals surface area contributed by atoms with E-state index in [9.17, 15) is 28.2 Å². The van der Waals surface area contributed by atoms with Gasteiger partial charge in [-0.15, -0.1) is 0 Å². The Hall–Kier alpha value is -2.49. The van der Waals surface area contributed by atoms with E-state index in [4.69, 9.17) is 0 Å². The van der Waals surface area contributed by atoms with Crippen molar-refractivity contribution < 1.29 is 23.4 Å². The number of sulfone groups is 1. The molecule has 1 aliphatic heterocycles. The van der Waals surface area contributed by atoms with E-state index in [-0.39, 0.29) is 25.1 Å². The number of aromatic nitrogens is 1. The van der Waals surface area contributed by atoms with E-state index < -0.39 is 27.0 Å². The number of rotatable bonds is 9. The Balaban J connectivity index is 1.72. The molecule has 33 heavy (non-hydrogen) atoms. The molecular weight excluding hydrogens is 444 g/mol. The van der Waals surface area contributed by atoms with Gasteiger partial charge in [0.25, 0.3) is 5.56 Å². The zero-order valence-corrected chi connectivity index (χ0v) is 19.9. The van der Waals surface area contributed by atoms with E-state index in [0.717, 1.165) is 49.0 Å². The average molecular weight is 477 g/mol. The number of carbonyl (C=O) groups is 1. The molecule has 0 radical (unpaired) electrons. The van der Waals surface area contributed by atoms with Crippen LogP contribution in [0.3, 0.4) is 0 Å². The van der Waals surface area contributed by atoms with Crippen LogP contribution in [0.15, 0.2) is 47.4 Å². The van der Waals surface area contributed by atoms with Crippen LogP contribution in [0.4, 0.5) is 5.69 Å². The summed E-state index contributed by atoms with van der Waals surface area (Å²) in [6.45, 7) is 2.51. The lowest BCUT2D eigenvalue weighted by atomic mass is 9.97. The Morgan fingerprint density at radius 1 is 1.09 bits per heavy atom. The maximum atomic E-state index is 12.6. The largest absolute Gasteiger partial charge is 0.396 e. The van der Waals surface area contributed by atoms with Gasteiger partial charge >= 0.3 is 0 Å². The Morgan fingerprint density at radius 3 is 2.24 bits per heavy atom. The second-order valence-corrected chi connectivity index (χ2v) is 11.4. The van der Waals surface area contributed by atoms with Crippen molar-refractivity contribution in [2.75, 3.05) is 37.5 Å². The first-order valence-corrected chi connectivity index (χ1v) is 13.0. The molecule has 1 saturated heterocycles. The summed E-state index contributed by atoms with van der Waals surface area (Å²) < 4.78 is 23.9. The van der Waals surface area contributed by atoms with E-state index >= 15 is 0 Å². The molecule has 2 N–H and O–H groups in total. The number of nitrogens with zero attached hydrogens (tertiary/aromatic N) is 2. The van der Waals surface area contributed by atoms with Crippen molar-refractivity contribution in [1.82, 2.24) is 4.57 Å². The van der Waals surface area contributed by atoms with Crippen molar-refractivity contribution in [3.63, 3.8) is 0 Å². The monoisotopic (exact) mass is 476 g/mol. The highest BCUT2D eigenvalue weighted by Gasteiger charge is 2.42.